The van der Waals surface area contributed by atoms with Crippen LogP contribution in [0.2, 0.25) is 0 Å². The molecule has 0 saturated carbocycles. The first kappa shape index (κ1) is 13.3. The zero-order valence-corrected chi connectivity index (χ0v) is 10.3. The number of hydrogen-bond acceptors (Lipinski definition) is 6. The second kappa shape index (κ2) is 6.13. The average Bonchev–Trinajstić information content (AvgIpc) is 2.46. The first-order valence-electron chi connectivity index (χ1n) is 5.95. The van der Waals surface area contributed by atoms with Gasteiger partial charge in [-0.15, -0.1) is 0 Å². The third-order valence-electron chi connectivity index (χ3n) is 2.85. The normalized spacial score (nSPS) is 18.6. The summed E-state index contributed by atoms with van der Waals surface area (Å²) in [7, 11) is 0. The van der Waals surface area contributed by atoms with Crippen LogP contribution in [-0.2, 0) is 4.74 Å². The largest absolute Gasteiger partial charge is 0.382 e. The Hall–Kier alpha value is -2.17. The van der Waals surface area contributed by atoms with Crippen LogP contribution in [0.1, 0.15) is 5.56 Å². The van der Waals surface area contributed by atoms with E-state index < -0.39 is 4.92 Å². The van der Waals surface area contributed by atoms with E-state index in [1.807, 2.05) is 0 Å². The number of rotatable bonds is 4. The molecule has 1 aliphatic rings. The first-order chi connectivity index (χ1) is 9.20. The zero-order valence-electron chi connectivity index (χ0n) is 10.3. The molecule has 1 fully saturated rings. The summed E-state index contributed by atoms with van der Waals surface area (Å²) in [6, 6.07) is 6.27. The molecule has 0 aliphatic carbocycles. The zero-order chi connectivity index (χ0) is 13.7. The van der Waals surface area contributed by atoms with Crippen molar-refractivity contribution in [1.29, 1.82) is 5.26 Å². The molecule has 2 rings (SSSR count). The molecular weight excluding hydrogens is 248 g/mol. The maximum atomic E-state index is 10.8. The maximum Gasteiger partial charge on any atom is 0.289 e. The topological polar surface area (TPSA) is 100 Å². The molecule has 1 unspecified atom stereocenters. The number of hydrogen-bond donors (Lipinski definition) is 2. The second-order valence-electron chi connectivity index (χ2n) is 4.18. The van der Waals surface area contributed by atoms with Crippen molar-refractivity contribution in [2.24, 2.45) is 0 Å². The summed E-state index contributed by atoms with van der Waals surface area (Å²) in [5.41, 5.74) is 0.487. The third-order valence-corrected chi connectivity index (χ3v) is 2.85. The number of nitro groups is 1. The molecule has 2 N–H and O–H groups in total. The molecule has 19 heavy (non-hydrogen) atoms. The summed E-state index contributed by atoms with van der Waals surface area (Å²) >= 11 is 0. The van der Waals surface area contributed by atoms with Crippen LogP contribution >= 0.6 is 0 Å². The quantitative estimate of drug-likeness (QED) is 0.616. The van der Waals surface area contributed by atoms with Crippen LogP contribution in [0, 0.1) is 21.4 Å². The SMILES string of the molecule is N#Cc1ccc(NCC2CNCCO2)cc1[N+](=O)[O-]. The van der Waals surface area contributed by atoms with E-state index in [0.717, 1.165) is 13.1 Å². The van der Waals surface area contributed by atoms with Gasteiger partial charge in [0.1, 0.15) is 11.6 Å². The van der Waals surface area contributed by atoms with Crippen LogP contribution in [0.5, 0.6) is 0 Å². The van der Waals surface area contributed by atoms with E-state index in [0.29, 0.717) is 18.8 Å². The van der Waals surface area contributed by atoms with Gasteiger partial charge in [-0.25, -0.2) is 0 Å². The monoisotopic (exact) mass is 262 g/mol. The number of ether oxygens (including phenoxy) is 1. The number of nitriles is 1. The fourth-order valence-corrected chi connectivity index (χ4v) is 1.87. The van der Waals surface area contributed by atoms with Crippen LogP contribution in [0.25, 0.3) is 0 Å². The van der Waals surface area contributed by atoms with E-state index in [4.69, 9.17) is 10.00 Å². The Morgan fingerprint density at radius 2 is 2.47 bits per heavy atom. The number of benzene rings is 1. The van der Waals surface area contributed by atoms with Crippen molar-refractivity contribution >= 4 is 11.4 Å². The molecule has 1 aromatic carbocycles. The van der Waals surface area contributed by atoms with Gasteiger partial charge in [-0.1, -0.05) is 0 Å². The highest BCUT2D eigenvalue weighted by molar-refractivity contribution is 5.59. The number of anilines is 1. The Bertz CT molecular complexity index is 506. The summed E-state index contributed by atoms with van der Waals surface area (Å²) in [6.07, 6.45) is 0.0449. The minimum absolute atomic E-state index is 0.0449. The molecule has 0 aromatic heterocycles. The molecule has 0 amide bonds. The molecular formula is C12H14N4O3. The molecule has 100 valence electrons. The molecule has 1 aromatic rings. The molecule has 0 bridgehead atoms. The van der Waals surface area contributed by atoms with E-state index in [9.17, 15) is 10.1 Å². The van der Waals surface area contributed by atoms with Gasteiger partial charge < -0.3 is 15.4 Å². The van der Waals surface area contributed by atoms with Crippen molar-refractivity contribution in [1.82, 2.24) is 5.32 Å². The highest BCUT2D eigenvalue weighted by Crippen LogP contribution is 2.22. The number of nitrogens with zero attached hydrogens (tertiary/aromatic N) is 2. The van der Waals surface area contributed by atoms with Crippen molar-refractivity contribution in [3.63, 3.8) is 0 Å². The second-order valence-corrected chi connectivity index (χ2v) is 4.18. The standard InChI is InChI=1S/C12H14N4O3/c13-6-9-1-2-10(5-12(9)16(17)18)15-8-11-7-14-3-4-19-11/h1-2,5,11,14-15H,3-4,7-8H2. The summed E-state index contributed by atoms with van der Waals surface area (Å²) in [5, 5.41) is 25.9. The predicted octanol–water partition coefficient (Wildman–Crippen LogP) is 0.867. The molecule has 0 spiro atoms. The van der Waals surface area contributed by atoms with Gasteiger partial charge in [-0.2, -0.15) is 5.26 Å². The molecule has 1 atom stereocenters. The fourth-order valence-electron chi connectivity index (χ4n) is 1.87. The van der Waals surface area contributed by atoms with Crippen molar-refractivity contribution in [2.45, 2.75) is 6.10 Å². The van der Waals surface area contributed by atoms with Gasteiger partial charge >= 0.3 is 0 Å². The summed E-state index contributed by atoms with van der Waals surface area (Å²) < 4.78 is 5.51. The minimum Gasteiger partial charge on any atom is -0.382 e. The van der Waals surface area contributed by atoms with Crippen molar-refractivity contribution in [3.05, 3.63) is 33.9 Å². The number of nitro benzene ring substituents is 1. The predicted molar refractivity (Wildman–Crippen MR) is 68.9 cm³/mol. The van der Waals surface area contributed by atoms with E-state index in [1.165, 1.54) is 12.1 Å². The molecule has 1 heterocycles. The number of nitrogens with one attached hydrogen (secondary N) is 2. The first-order valence-corrected chi connectivity index (χ1v) is 5.95. The molecule has 1 saturated heterocycles. The van der Waals surface area contributed by atoms with Gasteiger partial charge in [0.15, 0.2) is 0 Å². The Labute approximate surface area is 110 Å². The van der Waals surface area contributed by atoms with Crippen LogP contribution in [0.15, 0.2) is 18.2 Å². The van der Waals surface area contributed by atoms with Gasteiger partial charge in [-0.05, 0) is 12.1 Å². The van der Waals surface area contributed by atoms with Crippen molar-refractivity contribution in [3.8, 4) is 6.07 Å². The summed E-state index contributed by atoms with van der Waals surface area (Å²) in [5.74, 6) is 0. The molecule has 7 nitrogen and oxygen atoms in total. The van der Waals surface area contributed by atoms with Crippen LogP contribution < -0.4 is 10.6 Å². The Kier molecular flexibility index (Phi) is 4.28. The summed E-state index contributed by atoms with van der Waals surface area (Å²) in [6.45, 7) is 2.83. The van der Waals surface area contributed by atoms with Crippen molar-refractivity contribution < 1.29 is 9.66 Å². The molecule has 0 radical (unpaired) electrons. The lowest BCUT2D eigenvalue weighted by atomic mass is 10.1. The smallest absolute Gasteiger partial charge is 0.289 e. The fraction of sp³-hybridized carbons (Fsp3) is 0.417. The lowest BCUT2D eigenvalue weighted by Crippen LogP contribution is -2.42. The maximum absolute atomic E-state index is 10.8. The van der Waals surface area contributed by atoms with Crippen LogP contribution in [0.3, 0.4) is 0 Å². The molecule has 1 aliphatic heterocycles. The van der Waals surface area contributed by atoms with E-state index in [-0.39, 0.29) is 17.4 Å². The van der Waals surface area contributed by atoms with E-state index >= 15 is 0 Å². The highest BCUT2D eigenvalue weighted by atomic mass is 16.6. The van der Waals surface area contributed by atoms with Crippen LogP contribution in [0.4, 0.5) is 11.4 Å². The lowest BCUT2D eigenvalue weighted by Gasteiger charge is -2.24. The number of morpholine rings is 1. The lowest BCUT2D eigenvalue weighted by molar-refractivity contribution is -0.385. The van der Waals surface area contributed by atoms with Gasteiger partial charge in [0.2, 0.25) is 0 Å². The van der Waals surface area contributed by atoms with Gasteiger partial charge in [0.05, 0.1) is 17.6 Å². The molecule has 7 heteroatoms. The van der Waals surface area contributed by atoms with E-state index in [1.54, 1.807) is 12.1 Å². The third kappa shape index (κ3) is 3.40. The Morgan fingerprint density at radius 3 is 3.11 bits per heavy atom. The highest BCUT2D eigenvalue weighted by Gasteiger charge is 2.16. The van der Waals surface area contributed by atoms with Gasteiger partial charge in [0, 0.05) is 31.4 Å². The summed E-state index contributed by atoms with van der Waals surface area (Å²) in [4.78, 5) is 10.3. The minimum atomic E-state index is -0.553. The van der Waals surface area contributed by atoms with Gasteiger partial charge in [-0.3, -0.25) is 10.1 Å². The van der Waals surface area contributed by atoms with Gasteiger partial charge in [0.25, 0.3) is 5.69 Å². The van der Waals surface area contributed by atoms with E-state index in [2.05, 4.69) is 10.6 Å². The average molecular weight is 262 g/mol. The van der Waals surface area contributed by atoms with Crippen LogP contribution in [-0.4, -0.2) is 37.3 Å². The Balaban J connectivity index is 2.02. The van der Waals surface area contributed by atoms with Crippen molar-refractivity contribution in [2.75, 3.05) is 31.6 Å². The Morgan fingerprint density at radius 1 is 1.63 bits per heavy atom.